The quantitative estimate of drug-likeness (QED) is 0.0393. The number of carbonyl (C=O) groups is 2. The summed E-state index contributed by atoms with van der Waals surface area (Å²) >= 11 is 0. The first-order valence-corrected chi connectivity index (χ1v) is 21.1. The molecular weight excluding hydrogens is 645 g/mol. The molecule has 52 heavy (non-hydrogen) atoms. The Bertz CT molecular complexity index is 999. The lowest BCUT2D eigenvalue weighted by atomic mass is 10.1. The first-order chi connectivity index (χ1) is 25.6. The summed E-state index contributed by atoms with van der Waals surface area (Å²) < 4.78 is 10.6. The molecule has 0 amide bonds. The number of aliphatic hydroxyl groups excluding tert-OH is 1. The molecule has 5 nitrogen and oxygen atoms in total. The number of carbonyl (C=O) groups excluding carboxylic acids is 2. The number of allylic oxidation sites excluding steroid dienone is 14. The summed E-state index contributed by atoms with van der Waals surface area (Å²) in [5.74, 6) is -0.636. The average Bonchev–Trinajstić information content (AvgIpc) is 3.15. The SMILES string of the molecule is CC/C=C\C/C=C\C/C=C\C/C=C\C/C=C\C/C=C\CCCCCCC(=O)OC(CO)COC(=O)CCCCCCC/C=C\CCCCCCCC. The van der Waals surface area contributed by atoms with Crippen LogP contribution in [-0.4, -0.2) is 36.4 Å². The summed E-state index contributed by atoms with van der Waals surface area (Å²) in [6.45, 7) is 3.98. The number of aliphatic hydroxyl groups is 1. The molecule has 0 aliphatic rings. The highest BCUT2D eigenvalue weighted by Crippen LogP contribution is 2.12. The van der Waals surface area contributed by atoms with Crippen LogP contribution in [0.4, 0.5) is 0 Å². The molecule has 0 rings (SSSR count). The third-order valence-corrected chi connectivity index (χ3v) is 8.67. The molecule has 0 spiro atoms. The van der Waals surface area contributed by atoms with Gasteiger partial charge in [-0.2, -0.15) is 0 Å². The summed E-state index contributed by atoms with van der Waals surface area (Å²) in [5, 5.41) is 9.57. The van der Waals surface area contributed by atoms with Crippen molar-refractivity contribution in [2.45, 2.75) is 187 Å². The fourth-order valence-corrected chi connectivity index (χ4v) is 5.49. The van der Waals surface area contributed by atoms with Crippen molar-refractivity contribution in [3.05, 3.63) is 85.1 Å². The Kier molecular flexibility index (Phi) is 40.1. The van der Waals surface area contributed by atoms with E-state index in [1.54, 1.807) is 0 Å². The van der Waals surface area contributed by atoms with Gasteiger partial charge in [0, 0.05) is 12.8 Å². The van der Waals surface area contributed by atoms with E-state index in [-0.39, 0.29) is 25.2 Å². The summed E-state index contributed by atoms with van der Waals surface area (Å²) in [5.41, 5.74) is 0. The van der Waals surface area contributed by atoms with Gasteiger partial charge in [-0.3, -0.25) is 9.59 Å². The molecule has 0 fully saturated rings. The van der Waals surface area contributed by atoms with Gasteiger partial charge >= 0.3 is 11.9 Å². The van der Waals surface area contributed by atoms with Crippen molar-refractivity contribution in [3.8, 4) is 0 Å². The number of ether oxygens (including phenoxy) is 2. The minimum atomic E-state index is -0.793. The summed E-state index contributed by atoms with van der Waals surface area (Å²) in [7, 11) is 0. The Morgan fingerprint density at radius 3 is 1.27 bits per heavy atom. The first kappa shape index (κ1) is 49.1. The molecule has 0 radical (unpaired) electrons. The smallest absolute Gasteiger partial charge is 0.306 e. The van der Waals surface area contributed by atoms with E-state index in [0.717, 1.165) is 96.3 Å². The monoisotopic (exact) mass is 723 g/mol. The summed E-state index contributed by atoms with van der Waals surface area (Å²) in [6.07, 6.45) is 57.9. The zero-order valence-electron chi connectivity index (χ0n) is 33.5. The summed E-state index contributed by atoms with van der Waals surface area (Å²) in [4.78, 5) is 24.3. The van der Waals surface area contributed by atoms with E-state index in [1.807, 2.05) is 0 Å². The predicted molar refractivity (Wildman–Crippen MR) is 223 cm³/mol. The standard InChI is InChI=1S/C47H78O5/c1-3-5-7-9-11-13-15-17-19-20-21-22-23-24-25-26-28-30-32-34-36-38-40-42-47(50)52-45(43-48)44-51-46(49)41-39-37-35-33-31-29-27-18-16-14-12-10-8-6-4-2/h5,7,11,13,17-19,21-22,24-25,27-28,30,45,48H,3-4,6,8-10,12,14-16,20,23,26,29,31-44H2,1-2H3/b7-5-,13-11-,19-17-,22-21-,25-24-,27-18-,30-28-. The van der Waals surface area contributed by atoms with E-state index in [4.69, 9.17) is 9.47 Å². The zero-order valence-corrected chi connectivity index (χ0v) is 33.5. The number of rotatable bonds is 37. The minimum absolute atomic E-state index is 0.0852. The van der Waals surface area contributed by atoms with Crippen LogP contribution >= 0.6 is 0 Å². The second-order valence-corrected chi connectivity index (χ2v) is 13.7. The number of esters is 2. The minimum Gasteiger partial charge on any atom is -0.462 e. The van der Waals surface area contributed by atoms with Crippen LogP contribution in [-0.2, 0) is 19.1 Å². The van der Waals surface area contributed by atoms with Gasteiger partial charge in [-0.25, -0.2) is 0 Å². The number of hydrogen-bond acceptors (Lipinski definition) is 5. The van der Waals surface area contributed by atoms with Crippen molar-refractivity contribution < 1.29 is 24.2 Å². The van der Waals surface area contributed by atoms with Crippen LogP contribution in [0.2, 0.25) is 0 Å². The average molecular weight is 723 g/mol. The lowest BCUT2D eigenvalue weighted by molar-refractivity contribution is -0.161. The molecule has 0 saturated heterocycles. The molecule has 0 saturated carbocycles. The Morgan fingerprint density at radius 2 is 0.827 bits per heavy atom. The second kappa shape index (κ2) is 42.5. The van der Waals surface area contributed by atoms with Crippen LogP contribution in [0, 0.1) is 0 Å². The van der Waals surface area contributed by atoms with E-state index in [9.17, 15) is 14.7 Å². The highest BCUT2D eigenvalue weighted by molar-refractivity contribution is 5.70. The second-order valence-electron chi connectivity index (χ2n) is 13.7. The molecule has 0 aliphatic carbocycles. The molecule has 5 heteroatoms. The lowest BCUT2D eigenvalue weighted by Crippen LogP contribution is -2.28. The lowest BCUT2D eigenvalue weighted by Gasteiger charge is -2.15. The molecular formula is C47H78O5. The van der Waals surface area contributed by atoms with Crippen molar-refractivity contribution in [2.24, 2.45) is 0 Å². The van der Waals surface area contributed by atoms with Crippen molar-refractivity contribution >= 4 is 11.9 Å². The topological polar surface area (TPSA) is 72.8 Å². The van der Waals surface area contributed by atoms with Gasteiger partial charge < -0.3 is 14.6 Å². The van der Waals surface area contributed by atoms with E-state index >= 15 is 0 Å². The molecule has 296 valence electrons. The Morgan fingerprint density at radius 1 is 0.462 bits per heavy atom. The third-order valence-electron chi connectivity index (χ3n) is 8.67. The van der Waals surface area contributed by atoms with Gasteiger partial charge in [-0.15, -0.1) is 0 Å². The first-order valence-electron chi connectivity index (χ1n) is 21.1. The van der Waals surface area contributed by atoms with Crippen LogP contribution in [0.25, 0.3) is 0 Å². The highest BCUT2D eigenvalue weighted by Gasteiger charge is 2.16. The third kappa shape index (κ3) is 39.9. The molecule has 0 bridgehead atoms. The fourth-order valence-electron chi connectivity index (χ4n) is 5.49. The molecule has 0 aromatic heterocycles. The van der Waals surface area contributed by atoms with E-state index in [2.05, 4.69) is 98.9 Å². The zero-order chi connectivity index (χ0) is 37.8. The van der Waals surface area contributed by atoms with Crippen LogP contribution in [0.1, 0.15) is 181 Å². The van der Waals surface area contributed by atoms with Gasteiger partial charge in [0.15, 0.2) is 6.10 Å². The maximum atomic E-state index is 12.2. The van der Waals surface area contributed by atoms with Crippen LogP contribution in [0.3, 0.4) is 0 Å². The Hall–Kier alpha value is -2.92. The molecule has 0 aromatic carbocycles. The van der Waals surface area contributed by atoms with Crippen molar-refractivity contribution in [2.75, 3.05) is 13.2 Å². The normalized spacial score (nSPS) is 13.1. The predicted octanol–water partition coefficient (Wildman–Crippen LogP) is 13.5. The van der Waals surface area contributed by atoms with E-state index in [0.29, 0.717) is 12.8 Å². The molecule has 0 aromatic rings. The van der Waals surface area contributed by atoms with E-state index < -0.39 is 6.10 Å². The number of unbranched alkanes of at least 4 members (excludes halogenated alkanes) is 15. The van der Waals surface area contributed by atoms with Gasteiger partial charge in [0.05, 0.1) is 6.61 Å². The van der Waals surface area contributed by atoms with Crippen molar-refractivity contribution in [1.29, 1.82) is 0 Å². The fraction of sp³-hybridized carbons (Fsp3) is 0.660. The Labute approximate surface area is 320 Å². The van der Waals surface area contributed by atoms with Gasteiger partial charge in [-0.1, -0.05) is 163 Å². The molecule has 1 N–H and O–H groups in total. The van der Waals surface area contributed by atoms with Gasteiger partial charge in [0.2, 0.25) is 0 Å². The molecule has 0 aliphatic heterocycles. The van der Waals surface area contributed by atoms with Crippen molar-refractivity contribution in [3.63, 3.8) is 0 Å². The maximum Gasteiger partial charge on any atom is 0.306 e. The van der Waals surface area contributed by atoms with Crippen LogP contribution in [0.15, 0.2) is 85.1 Å². The van der Waals surface area contributed by atoms with Gasteiger partial charge in [0.25, 0.3) is 0 Å². The maximum absolute atomic E-state index is 12.2. The van der Waals surface area contributed by atoms with Gasteiger partial charge in [-0.05, 0) is 89.9 Å². The largest absolute Gasteiger partial charge is 0.462 e. The van der Waals surface area contributed by atoms with Crippen LogP contribution < -0.4 is 0 Å². The van der Waals surface area contributed by atoms with Gasteiger partial charge in [0.1, 0.15) is 6.61 Å². The Balaban J connectivity index is 3.66. The molecule has 1 atom stereocenters. The van der Waals surface area contributed by atoms with Crippen LogP contribution in [0.5, 0.6) is 0 Å². The summed E-state index contributed by atoms with van der Waals surface area (Å²) in [6, 6.07) is 0. The van der Waals surface area contributed by atoms with Crippen molar-refractivity contribution in [1.82, 2.24) is 0 Å². The van der Waals surface area contributed by atoms with E-state index in [1.165, 1.54) is 57.8 Å². The molecule has 1 unspecified atom stereocenters. The number of hydrogen-bond donors (Lipinski definition) is 1. The highest BCUT2D eigenvalue weighted by atomic mass is 16.6. The molecule has 0 heterocycles.